The zero-order valence-corrected chi connectivity index (χ0v) is 12.2. The highest BCUT2D eigenvalue weighted by molar-refractivity contribution is 5.64. The number of likely N-dealkylation sites (N-methyl/N-ethyl adjacent to an activating group) is 1. The molecule has 0 aliphatic carbocycles. The Morgan fingerprint density at radius 3 is 1.94 bits per heavy atom. The number of anilines is 2. The molecule has 1 aromatic rings. The molecule has 1 heterocycles. The summed E-state index contributed by atoms with van der Waals surface area (Å²) in [7, 11) is 2.22. The van der Waals surface area contributed by atoms with Crippen molar-refractivity contribution in [1.29, 1.82) is 0 Å². The molecule has 1 fully saturated rings. The van der Waals surface area contributed by atoms with Gasteiger partial charge in [0.2, 0.25) is 0 Å². The van der Waals surface area contributed by atoms with Crippen molar-refractivity contribution in [2.75, 3.05) is 30.8 Å². The molecule has 3 nitrogen and oxygen atoms in total. The molecule has 1 aliphatic rings. The van der Waals surface area contributed by atoms with Gasteiger partial charge in [0.1, 0.15) is 0 Å². The van der Waals surface area contributed by atoms with Crippen LogP contribution in [0.2, 0.25) is 0 Å². The molecule has 0 radical (unpaired) electrons. The summed E-state index contributed by atoms with van der Waals surface area (Å²) in [6, 6.07) is 5.33. The van der Waals surface area contributed by atoms with E-state index in [4.69, 9.17) is 5.73 Å². The number of nitrogens with zero attached hydrogens (tertiary/aromatic N) is 2. The monoisotopic (exact) mass is 247 g/mol. The van der Waals surface area contributed by atoms with E-state index in [1.807, 2.05) is 0 Å². The number of benzene rings is 1. The van der Waals surface area contributed by atoms with Crippen molar-refractivity contribution in [3.8, 4) is 0 Å². The van der Waals surface area contributed by atoms with Gasteiger partial charge in [-0.15, -0.1) is 0 Å². The lowest BCUT2D eigenvalue weighted by Gasteiger charge is -2.44. The highest BCUT2D eigenvalue weighted by atomic mass is 15.3. The van der Waals surface area contributed by atoms with Crippen molar-refractivity contribution >= 4 is 11.4 Å². The van der Waals surface area contributed by atoms with Gasteiger partial charge in [0.15, 0.2) is 0 Å². The van der Waals surface area contributed by atoms with Crippen LogP contribution >= 0.6 is 0 Å². The third-order valence-electron chi connectivity index (χ3n) is 4.19. The zero-order chi connectivity index (χ0) is 13.4. The lowest BCUT2D eigenvalue weighted by Crippen LogP contribution is -2.55. The first-order chi connectivity index (χ1) is 8.40. The Labute approximate surface area is 111 Å². The Morgan fingerprint density at radius 2 is 1.50 bits per heavy atom. The van der Waals surface area contributed by atoms with Crippen molar-refractivity contribution in [2.45, 2.75) is 39.8 Å². The minimum absolute atomic E-state index is 0.588. The molecule has 1 aliphatic heterocycles. The molecular weight excluding hydrogens is 222 g/mol. The lowest BCUT2D eigenvalue weighted by atomic mass is 10.0. The van der Waals surface area contributed by atoms with Crippen molar-refractivity contribution in [1.82, 2.24) is 4.90 Å². The largest absolute Gasteiger partial charge is 0.399 e. The first kappa shape index (κ1) is 13.2. The van der Waals surface area contributed by atoms with Crippen LogP contribution in [0, 0.1) is 13.8 Å². The molecule has 2 N–H and O–H groups in total. The van der Waals surface area contributed by atoms with Crippen LogP contribution in [0.25, 0.3) is 0 Å². The molecule has 18 heavy (non-hydrogen) atoms. The van der Waals surface area contributed by atoms with Crippen LogP contribution in [-0.2, 0) is 0 Å². The maximum absolute atomic E-state index is 5.91. The number of nitrogen functional groups attached to an aromatic ring is 1. The fourth-order valence-electron chi connectivity index (χ4n) is 3.08. The van der Waals surface area contributed by atoms with E-state index in [2.05, 4.69) is 56.7 Å². The van der Waals surface area contributed by atoms with E-state index in [1.54, 1.807) is 0 Å². The fraction of sp³-hybridized carbons (Fsp3) is 0.600. The van der Waals surface area contributed by atoms with Crippen LogP contribution in [0.1, 0.15) is 25.0 Å². The summed E-state index contributed by atoms with van der Waals surface area (Å²) in [5.74, 6) is 0. The first-order valence-corrected chi connectivity index (χ1v) is 6.73. The number of rotatable bonds is 1. The summed E-state index contributed by atoms with van der Waals surface area (Å²) in [4.78, 5) is 4.97. The Hall–Kier alpha value is -1.22. The van der Waals surface area contributed by atoms with E-state index in [-0.39, 0.29) is 0 Å². The minimum Gasteiger partial charge on any atom is -0.399 e. The van der Waals surface area contributed by atoms with Gasteiger partial charge >= 0.3 is 0 Å². The highest BCUT2D eigenvalue weighted by Gasteiger charge is 2.27. The second-order valence-electron chi connectivity index (χ2n) is 5.77. The molecule has 100 valence electrons. The van der Waals surface area contributed by atoms with Crippen LogP contribution in [0.15, 0.2) is 12.1 Å². The van der Waals surface area contributed by atoms with E-state index in [0.29, 0.717) is 12.1 Å². The lowest BCUT2D eigenvalue weighted by molar-refractivity contribution is 0.170. The molecular formula is C15H25N3. The fourth-order valence-corrected chi connectivity index (χ4v) is 3.08. The second-order valence-corrected chi connectivity index (χ2v) is 5.77. The van der Waals surface area contributed by atoms with E-state index in [9.17, 15) is 0 Å². The number of nitrogens with two attached hydrogens (primary N) is 1. The van der Waals surface area contributed by atoms with Crippen molar-refractivity contribution in [3.05, 3.63) is 23.3 Å². The molecule has 1 saturated heterocycles. The van der Waals surface area contributed by atoms with Gasteiger partial charge in [0.05, 0.1) is 0 Å². The summed E-state index contributed by atoms with van der Waals surface area (Å²) < 4.78 is 0. The van der Waals surface area contributed by atoms with E-state index < -0.39 is 0 Å². The van der Waals surface area contributed by atoms with Gasteiger partial charge in [-0.2, -0.15) is 0 Å². The smallest absolute Gasteiger partial charge is 0.0428 e. The van der Waals surface area contributed by atoms with Crippen LogP contribution in [0.3, 0.4) is 0 Å². The van der Waals surface area contributed by atoms with Crippen molar-refractivity contribution < 1.29 is 0 Å². The first-order valence-electron chi connectivity index (χ1n) is 6.73. The molecule has 0 amide bonds. The molecule has 1 aromatic carbocycles. The quantitative estimate of drug-likeness (QED) is 0.774. The molecule has 3 heteroatoms. The van der Waals surface area contributed by atoms with Gasteiger partial charge in [-0.25, -0.2) is 0 Å². The third kappa shape index (κ3) is 2.32. The molecule has 0 bridgehead atoms. The predicted octanol–water partition coefficient (Wildman–Crippen LogP) is 2.41. The Bertz CT molecular complexity index is 406. The maximum atomic E-state index is 5.91. The Morgan fingerprint density at radius 1 is 1.06 bits per heavy atom. The zero-order valence-electron chi connectivity index (χ0n) is 12.2. The van der Waals surface area contributed by atoms with Crippen molar-refractivity contribution in [2.24, 2.45) is 0 Å². The molecule has 0 spiro atoms. The van der Waals surface area contributed by atoms with E-state index in [1.165, 1.54) is 16.8 Å². The van der Waals surface area contributed by atoms with Crippen LogP contribution in [0.5, 0.6) is 0 Å². The SMILES string of the molecule is Cc1cc(N)cc(C)c1N1C[C@@H](C)N(C)[C@@H](C)C1. The molecule has 2 atom stereocenters. The molecule has 0 aromatic heterocycles. The summed E-state index contributed by atoms with van der Waals surface area (Å²) in [6.07, 6.45) is 0. The molecule has 0 saturated carbocycles. The number of hydrogen-bond acceptors (Lipinski definition) is 3. The Kier molecular flexibility index (Phi) is 3.53. The summed E-state index contributed by atoms with van der Waals surface area (Å²) in [6.45, 7) is 11.1. The molecule has 0 unspecified atom stereocenters. The number of aryl methyl sites for hydroxylation is 2. The van der Waals surface area contributed by atoms with Crippen molar-refractivity contribution in [3.63, 3.8) is 0 Å². The summed E-state index contributed by atoms with van der Waals surface area (Å²) in [5.41, 5.74) is 10.7. The second kappa shape index (κ2) is 4.81. The average Bonchev–Trinajstić information content (AvgIpc) is 2.24. The minimum atomic E-state index is 0.588. The predicted molar refractivity (Wildman–Crippen MR) is 79.2 cm³/mol. The highest BCUT2D eigenvalue weighted by Crippen LogP contribution is 2.30. The number of piperazine rings is 1. The third-order valence-corrected chi connectivity index (χ3v) is 4.19. The van der Waals surface area contributed by atoms with Crippen LogP contribution < -0.4 is 10.6 Å². The Balaban J connectivity index is 2.32. The molecule has 2 rings (SSSR count). The maximum Gasteiger partial charge on any atom is 0.0428 e. The van der Waals surface area contributed by atoms with Gasteiger partial charge in [0.25, 0.3) is 0 Å². The average molecular weight is 247 g/mol. The van der Waals surface area contributed by atoms with E-state index in [0.717, 1.165) is 18.8 Å². The van der Waals surface area contributed by atoms with Gasteiger partial charge in [-0.05, 0) is 58.0 Å². The standard InChI is InChI=1S/C15H25N3/c1-10-6-14(16)7-11(2)15(10)18-8-12(3)17(5)13(4)9-18/h6-7,12-13H,8-9,16H2,1-5H3/t12-,13+. The van der Waals surface area contributed by atoms with Gasteiger partial charge in [-0.3, -0.25) is 4.90 Å². The van der Waals surface area contributed by atoms with Gasteiger partial charge in [-0.1, -0.05) is 0 Å². The van der Waals surface area contributed by atoms with Crippen LogP contribution in [-0.4, -0.2) is 37.1 Å². The topological polar surface area (TPSA) is 32.5 Å². The van der Waals surface area contributed by atoms with E-state index >= 15 is 0 Å². The summed E-state index contributed by atoms with van der Waals surface area (Å²) >= 11 is 0. The number of hydrogen-bond donors (Lipinski definition) is 1. The normalized spacial score (nSPS) is 25.5. The summed E-state index contributed by atoms with van der Waals surface area (Å²) in [5, 5.41) is 0. The van der Waals surface area contributed by atoms with Crippen LogP contribution in [0.4, 0.5) is 11.4 Å². The van der Waals surface area contributed by atoms with Gasteiger partial charge < -0.3 is 10.6 Å². The van der Waals surface area contributed by atoms with Gasteiger partial charge in [0, 0.05) is 36.5 Å².